The predicted octanol–water partition coefficient (Wildman–Crippen LogP) is 6.77. The SMILES string of the molecule is C=CC1=C(C)c2ccccc2C1(CC)CC.CC.CC. The fourth-order valence-electron chi connectivity index (χ4n) is 3.24. The summed E-state index contributed by atoms with van der Waals surface area (Å²) in [6, 6.07) is 8.80. The fraction of sp³-hybridized carbons (Fsp3) is 0.500. The Hall–Kier alpha value is -1.30. The Kier molecular flexibility index (Phi) is 8.22. The molecule has 0 heteroatoms. The van der Waals surface area contributed by atoms with Crippen LogP contribution in [-0.2, 0) is 5.41 Å². The summed E-state index contributed by atoms with van der Waals surface area (Å²) >= 11 is 0. The maximum atomic E-state index is 4.01. The quantitative estimate of drug-likeness (QED) is 0.569. The van der Waals surface area contributed by atoms with E-state index in [4.69, 9.17) is 0 Å². The molecule has 1 aromatic carbocycles. The Balaban J connectivity index is 0.000000829. The highest BCUT2D eigenvalue weighted by Gasteiger charge is 2.39. The second-order valence-electron chi connectivity index (χ2n) is 4.58. The molecule has 0 heterocycles. The van der Waals surface area contributed by atoms with Crippen LogP contribution < -0.4 is 0 Å². The molecule has 0 nitrogen and oxygen atoms in total. The molecule has 1 aromatic rings. The Bertz CT molecular complexity index is 445. The van der Waals surface area contributed by atoms with Gasteiger partial charge in [-0.1, -0.05) is 78.5 Å². The third-order valence-corrected chi connectivity index (χ3v) is 4.18. The second kappa shape index (κ2) is 8.79. The molecule has 0 bridgehead atoms. The average Bonchev–Trinajstić information content (AvgIpc) is 2.80. The highest BCUT2D eigenvalue weighted by Crippen LogP contribution is 2.50. The summed E-state index contributed by atoms with van der Waals surface area (Å²) in [4.78, 5) is 0. The van der Waals surface area contributed by atoms with Gasteiger partial charge in [-0.25, -0.2) is 0 Å². The largest absolute Gasteiger partial charge is 0.0987 e. The van der Waals surface area contributed by atoms with E-state index in [1.807, 2.05) is 27.7 Å². The summed E-state index contributed by atoms with van der Waals surface area (Å²) in [6.45, 7) is 18.8. The van der Waals surface area contributed by atoms with Crippen molar-refractivity contribution in [3.63, 3.8) is 0 Å². The smallest absolute Gasteiger partial charge is 0.0206 e. The monoisotopic (exact) mass is 272 g/mol. The first kappa shape index (κ1) is 18.7. The van der Waals surface area contributed by atoms with Crippen LogP contribution >= 0.6 is 0 Å². The minimum atomic E-state index is 0.211. The Labute approximate surface area is 126 Å². The normalized spacial score (nSPS) is 14.6. The molecule has 0 atom stereocenters. The van der Waals surface area contributed by atoms with Gasteiger partial charge in [0.2, 0.25) is 0 Å². The van der Waals surface area contributed by atoms with Crippen LogP contribution in [0.3, 0.4) is 0 Å². The van der Waals surface area contributed by atoms with Crippen molar-refractivity contribution < 1.29 is 0 Å². The molecular formula is C20H32. The summed E-state index contributed by atoms with van der Waals surface area (Å²) in [5.41, 5.74) is 5.96. The van der Waals surface area contributed by atoms with Crippen LogP contribution in [0.2, 0.25) is 0 Å². The van der Waals surface area contributed by atoms with Gasteiger partial charge in [0.1, 0.15) is 0 Å². The van der Waals surface area contributed by atoms with Gasteiger partial charge in [0.05, 0.1) is 0 Å². The van der Waals surface area contributed by atoms with Gasteiger partial charge in [0.25, 0.3) is 0 Å². The van der Waals surface area contributed by atoms with E-state index in [2.05, 4.69) is 57.7 Å². The molecule has 0 saturated carbocycles. The van der Waals surface area contributed by atoms with Gasteiger partial charge in [0, 0.05) is 5.41 Å². The van der Waals surface area contributed by atoms with Crippen LogP contribution in [0, 0.1) is 0 Å². The zero-order chi connectivity index (χ0) is 15.8. The lowest BCUT2D eigenvalue weighted by atomic mass is 9.73. The van der Waals surface area contributed by atoms with Crippen molar-refractivity contribution in [2.45, 2.75) is 66.7 Å². The summed E-state index contributed by atoms with van der Waals surface area (Å²) in [5, 5.41) is 0. The molecule has 0 radical (unpaired) electrons. The third kappa shape index (κ3) is 2.90. The lowest BCUT2D eigenvalue weighted by molar-refractivity contribution is 0.486. The molecule has 0 saturated heterocycles. The fourth-order valence-corrected chi connectivity index (χ4v) is 3.24. The topological polar surface area (TPSA) is 0 Å². The molecular weight excluding hydrogens is 240 g/mol. The number of rotatable bonds is 3. The zero-order valence-electron chi connectivity index (χ0n) is 14.5. The van der Waals surface area contributed by atoms with E-state index in [0.717, 1.165) is 12.8 Å². The van der Waals surface area contributed by atoms with Gasteiger partial charge in [-0.2, -0.15) is 0 Å². The Morgan fingerprint density at radius 1 is 1.00 bits per heavy atom. The van der Waals surface area contributed by atoms with E-state index >= 15 is 0 Å². The van der Waals surface area contributed by atoms with Crippen molar-refractivity contribution in [1.29, 1.82) is 0 Å². The first-order chi connectivity index (χ1) is 9.71. The Morgan fingerprint density at radius 3 is 1.95 bits per heavy atom. The lowest BCUT2D eigenvalue weighted by Crippen LogP contribution is -2.23. The molecule has 2 rings (SSSR count). The van der Waals surface area contributed by atoms with Crippen molar-refractivity contribution in [2.75, 3.05) is 0 Å². The van der Waals surface area contributed by atoms with Crippen molar-refractivity contribution in [3.05, 3.63) is 53.6 Å². The minimum absolute atomic E-state index is 0.211. The maximum absolute atomic E-state index is 4.01. The highest BCUT2D eigenvalue weighted by atomic mass is 14.4. The molecule has 0 spiro atoms. The second-order valence-corrected chi connectivity index (χ2v) is 4.58. The number of benzene rings is 1. The van der Waals surface area contributed by atoms with Crippen molar-refractivity contribution >= 4 is 5.57 Å². The first-order valence-electron chi connectivity index (χ1n) is 8.15. The van der Waals surface area contributed by atoms with Crippen molar-refractivity contribution in [3.8, 4) is 0 Å². The molecule has 112 valence electrons. The molecule has 20 heavy (non-hydrogen) atoms. The summed E-state index contributed by atoms with van der Waals surface area (Å²) in [5.74, 6) is 0. The third-order valence-electron chi connectivity index (χ3n) is 4.18. The lowest BCUT2D eigenvalue weighted by Gasteiger charge is -2.30. The average molecular weight is 272 g/mol. The van der Waals surface area contributed by atoms with E-state index in [1.54, 1.807) is 0 Å². The standard InChI is InChI=1S/C16H20.2C2H6/c1-5-14-12(4)13-10-8-9-11-15(13)16(14,6-2)7-3;2*1-2/h5,8-11H,1,6-7H2,2-4H3;2*1-2H3. The van der Waals surface area contributed by atoms with Gasteiger partial charge in [-0.15, -0.1) is 0 Å². The van der Waals surface area contributed by atoms with E-state index in [1.165, 1.54) is 22.3 Å². The van der Waals surface area contributed by atoms with Crippen molar-refractivity contribution in [1.82, 2.24) is 0 Å². The van der Waals surface area contributed by atoms with Gasteiger partial charge in [-0.05, 0) is 42.0 Å². The molecule has 0 aliphatic heterocycles. The number of hydrogen-bond acceptors (Lipinski definition) is 0. The first-order valence-corrected chi connectivity index (χ1v) is 8.15. The minimum Gasteiger partial charge on any atom is -0.0987 e. The maximum Gasteiger partial charge on any atom is 0.0206 e. The van der Waals surface area contributed by atoms with Crippen LogP contribution in [0.15, 0.2) is 42.5 Å². The summed E-state index contributed by atoms with van der Waals surface area (Å²) < 4.78 is 0. The van der Waals surface area contributed by atoms with Crippen molar-refractivity contribution in [2.24, 2.45) is 0 Å². The predicted molar refractivity (Wildman–Crippen MR) is 94.2 cm³/mol. The number of fused-ring (bicyclic) bond motifs is 1. The molecule has 0 amide bonds. The number of allylic oxidation sites excluding steroid dienone is 3. The molecule has 0 aromatic heterocycles. The molecule has 1 aliphatic rings. The van der Waals surface area contributed by atoms with Gasteiger partial charge in [-0.3, -0.25) is 0 Å². The van der Waals surface area contributed by atoms with E-state index < -0.39 is 0 Å². The van der Waals surface area contributed by atoms with Crippen LogP contribution in [-0.4, -0.2) is 0 Å². The van der Waals surface area contributed by atoms with Crippen LogP contribution in [0.4, 0.5) is 0 Å². The van der Waals surface area contributed by atoms with Gasteiger partial charge >= 0.3 is 0 Å². The summed E-state index contributed by atoms with van der Waals surface area (Å²) in [7, 11) is 0. The van der Waals surface area contributed by atoms with Crippen LogP contribution in [0.5, 0.6) is 0 Å². The van der Waals surface area contributed by atoms with Crippen LogP contribution in [0.25, 0.3) is 5.57 Å². The molecule has 1 aliphatic carbocycles. The summed E-state index contributed by atoms with van der Waals surface area (Å²) in [6.07, 6.45) is 4.36. The highest BCUT2D eigenvalue weighted by molar-refractivity contribution is 5.81. The molecule has 0 fully saturated rings. The number of hydrogen-bond donors (Lipinski definition) is 0. The molecule has 0 N–H and O–H groups in total. The zero-order valence-corrected chi connectivity index (χ0v) is 14.5. The van der Waals surface area contributed by atoms with Gasteiger partial charge < -0.3 is 0 Å². The van der Waals surface area contributed by atoms with E-state index in [9.17, 15) is 0 Å². The van der Waals surface area contributed by atoms with E-state index in [-0.39, 0.29) is 5.41 Å². The Morgan fingerprint density at radius 2 is 1.50 bits per heavy atom. The van der Waals surface area contributed by atoms with E-state index in [0.29, 0.717) is 0 Å². The van der Waals surface area contributed by atoms with Crippen LogP contribution in [0.1, 0.15) is 72.4 Å². The molecule has 0 unspecified atom stereocenters. The van der Waals surface area contributed by atoms with Gasteiger partial charge in [0.15, 0.2) is 0 Å².